The summed E-state index contributed by atoms with van der Waals surface area (Å²) in [6.45, 7) is 3.81. The van der Waals surface area contributed by atoms with Crippen molar-refractivity contribution in [2.45, 2.75) is 58.2 Å². The second-order valence-corrected chi connectivity index (χ2v) is 3.56. The number of carbonyl (C=O) groups is 1. The molecule has 70 valence electrons. The summed E-state index contributed by atoms with van der Waals surface area (Å²) >= 11 is 0. The van der Waals surface area contributed by atoms with Crippen molar-refractivity contribution in [2.75, 3.05) is 0 Å². The molecule has 0 bridgehead atoms. The summed E-state index contributed by atoms with van der Waals surface area (Å²) in [4.78, 5) is 10.8. The van der Waals surface area contributed by atoms with E-state index < -0.39 is 0 Å². The van der Waals surface area contributed by atoms with Crippen molar-refractivity contribution in [3.05, 3.63) is 0 Å². The lowest BCUT2D eigenvalue weighted by Crippen LogP contribution is -2.04. The summed E-state index contributed by atoms with van der Waals surface area (Å²) in [5.41, 5.74) is 0. The molecular weight excluding hydrogens is 152 g/mol. The molecule has 0 amide bonds. The zero-order valence-corrected chi connectivity index (χ0v) is 8.01. The maximum absolute atomic E-state index is 10.8. The van der Waals surface area contributed by atoms with Gasteiger partial charge in [-0.25, -0.2) is 0 Å². The van der Waals surface area contributed by atoms with Gasteiger partial charge in [-0.05, 0) is 13.3 Å². The zero-order chi connectivity index (χ0) is 8.97. The standard InChI is InChI=1S/C10H18O2/c1-3-4-5-6-7-9-10(12-9)8(2)11/h9-10H,3-7H2,1-2H3/t9-,10-/m0/s1. The molecule has 2 nitrogen and oxygen atoms in total. The maximum Gasteiger partial charge on any atom is 0.161 e. The molecule has 1 rings (SSSR count). The first-order valence-corrected chi connectivity index (χ1v) is 4.91. The molecule has 0 spiro atoms. The predicted molar refractivity (Wildman–Crippen MR) is 48.1 cm³/mol. The Morgan fingerprint density at radius 3 is 2.58 bits per heavy atom. The molecule has 0 aliphatic carbocycles. The van der Waals surface area contributed by atoms with Gasteiger partial charge in [-0.3, -0.25) is 4.79 Å². The number of hydrogen-bond donors (Lipinski definition) is 0. The van der Waals surface area contributed by atoms with E-state index >= 15 is 0 Å². The lowest BCUT2D eigenvalue weighted by atomic mass is 10.1. The molecule has 1 aliphatic heterocycles. The normalized spacial score (nSPS) is 27.2. The van der Waals surface area contributed by atoms with Gasteiger partial charge in [0, 0.05) is 0 Å². The van der Waals surface area contributed by atoms with Gasteiger partial charge in [-0.2, -0.15) is 0 Å². The topological polar surface area (TPSA) is 29.6 Å². The van der Waals surface area contributed by atoms with E-state index in [9.17, 15) is 4.79 Å². The zero-order valence-electron chi connectivity index (χ0n) is 8.01. The minimum atomic E-state index is -0.0494. The van der Waals surface area contributed by atoms with Gasteiger partial charge >= 0.3 is 0 Å². The van der Waals surface area contributed by atoms with Gasteiger partial charge in [0.25, 0.3) is 0 Å². The number of rotatable bonds is 6. The van der Waals surface area contributed by atoms with Crippen molar-refractivity contribution >= 4 is 5.78 Å². The third-order valence-corrected chi connectivity index (χ3v) is 2.33. The van der Waals surface area contributed by atoms with Crippen LogP contribution in [0.25, 0.3) is 0 Å². The monoisotopic (exact) mass is 170 g/mol. The smallest absolute Gasteiger partial charge is 0.161 e. The summed E-state index contributed by atoms with van der Waals surface area (Å²) in [5, 5.41) is 0. The summed E-state index contributed by atoms with van der Waals surface area (Å²) in [7, 11) is 0. The summed E-state index contributed by atoms with van der Waals surface area (Å²) in [6, 6.07) is 0. The minimum absolute atomic E-state index is 0.0494. The van der Waals surface area contributed by atoms with Crippen LogP contribution in [0.4, 0.5) is 0 Å². The molecule has 0 aromatic rings. The molecule has 2 heteroatoms. The van der Waals surface area contributed by atoms with Crippen molar-refractivity contribution in [3.8, 4) is 0 Å². The van der Waals surface area contributed by atoms with Crippen LogP contribution in [0, 0.1) is 0 Å². The highest BCUT2D eigenvalue weighted by Crippen LogP contribution is 2.27. The first-order chi connectivity index (χ1) is 5.75. The number of carbonyl (C=O) groups excluding carboxylic acids is 1. The van der Waals surface area contributed by atoms with Crippen molar-refractivity contribution in [3.63, 3.8) is 0 Å². The molecule has 1 fully saturated rings. The van der Waals surface area contributed by atoms with E-state index in [1.807, 2.05) is 0 Å². The van der Waals surface area contributed by atoms with Crippen molar-refractivity contribution in [1.29, 1.82) is 0 Å². The van der Waals surface area contributed by atoms with E-state index in [1.54, 1.807) is 6.92 Å². The van der Waals surface area contributed by atoms with Crippen molar-refractivity contribution < 1.29 is 9.53 Å². The highest BCUT2D eigenvalue weighted by atomic mass is 16.6. The second-order valence-electron chi connectivity index (χ2n) is 3.56. The molecule has 1 aliphatic rings. The number of hydrogen-bond acceptors (Lipinski definition) is 2. The first kappa shape index (κ1) is 9.72. The van der Waals surface area contributed by atoms with Crippen LogP contribution in [0.2, 0.25) is 0 Å². The predicted octanol–water partition coefficient (Wildman–Crippen LogP) is 2.31. The lowest BCUT2D eigenvalue weighted by Gasteiger charge is -1.94. The number of ketones is 1. The first-order valence-electron chi connectivity index (χ1n) is 4.91. The molecule has 2 atom stereocenters. The van der Waals surface area contributed by atoms with Crippen LogP contribution < -0.4 is 0 Å². The fourth-order valence-corrected chi connectivity index (χ4v) is 1.49. The largest absolute Gasteiger partial charge is 0.361 e. The molecule has 0 radical (unpaired) electrons. The van der Waals surface area contributed by atoms with E-state index in [1.165, 1.54) is 25.7 Å². The SMILES string of the molecule is CCCCCC[C@@H]1O[C@H]1C(C)=O. The van der Waals surface area contributed by atoms with E-state index in [-0.39, 0.29) is 18.0 Å². The Bertz CT molecular complexity index is 154. The molecule has 0 unspecified atom stereocenters. The average Bonchev–Trinajstić information content (AvgIpc) is 2.77. The van der Waals surface area contributed by atoms with Crippen LogP contribution in [0.1, 0.15) is 46.0 Å². The Kier molecular flexibility index (Phi) is 3.73. The Hall–Kier alpha value is -0.370. The van der Waals surface area contributed by atoms with Gasteiger partial charge in [0.1, 0.15) is 6.10 Å². The fourth-order valence-electron chi connectivity index (χ4n) is 1.49. The number of ether oxygens (including phenoxy) is 1. The molecule has 0 aromatic heterocycles. The Labute approximate surface area is 74.3 Å². The minimum Gasteiger partial charge on any atom is -0.361 e. The fraction of sp³-hybridized carbons (Fsp3) is 0.900. The lowest BCUT2D eigenvalue weighted by molar-refractivity contribution is -0.118. The van der Waals surface area contributed by atoms with Crippen LogP contribution in [0.5, 0.6) is 0 Å². The van der Waals surface area contributed by atoms with E-state index in [0.717, 1.165) is 6.42 Å². The number of epoxide rings is 1. The van der Waals surface area contributed by atoms with Crippen LogP contribution >= 0.6 is 0 Å². The molecule has 1 heterocycles. The van der Waals surface area contributed by atoms with E-state index in [0.29, 0.717) is 0 Å². The summed E-state index contributed by atoms with van der Waals surface area (Å²) in [6.07, 6.45) is 6.35. The van der Waals surface area contributed by atoms with Crippen LogP contribution in [0.3, 0.4) is 0 Å². The summed E-state index contributed by atoms with van der Waals surface area (Å²) in [5.74, 6) is 0.190. The molecule has 12 heavy (non-hydrogen) atoms. The number of unbranched alkanes of at least 4 members (excludes halogenated alkanes) is 3. The average molecular weight is 170 g/mol. The third kappa shape index (κ3) is 2.94. The van der Waals surface area contributed by atoms with Crippen LogP contribution in [-0.2, 0) is 9.53 Å². The summed E-state index contributed by atoms with van der Waals surface area (Å²) < 4.78 is 5.21. The van der Waals surface area contributed by atoms with Gasteiger partial charge in [-0.1, -0.05) is 32.6 Å². The Morgan fingerprint density at radius 2 is 2.08 bits per heavy atom. The highest BCUT2D eigenvalue weighted by molar-refractivity contribution is 5.83. The van der Waals surface area contributed by atoms with Gasteiger partial charge in [0.2, 0.25) is 0 Å². The molecule has 1 saturated heterocycles. The van der Waals surface area contributed by atoms with Gasteiger partial charge in [-0.15, -0.1) is 0 Å². The van der Waals surface area contributed by atoms with Crippen LogP contribution in [0.15, 0.2) is 0 Å². The molecular formula is C10H18O2. The quantitative estimate of drug-likeness (QED) is 0.452. The van der Waals surface area contributed by atoms with Gasteiger partial charge in [0.05, 0.1) is 6.10 Å². The van der Waals surface area contributed by atoms with E-state index in [2.05, 4.69) is 6.92 Å². The van der Waals surface area contributed by atoms with Gasteiger partial charge in [0.15, 0.2) is 5.78 Å². The maximum atomic E-state index is 10.8. The van der Waals surface area contributed by atoms with Crippen LogP contribution in [-0.4, -0.2) is 18.0 Å². The van der Waals surface area contributed by atoms with Gasteiger partial charge < -0.3 is 4.74 Å². The highest BCUT2D eigenvalue weighted by Gasteiger charge is 2.41. The number of Topliss-reactive ketones (excluding diaryl/α,β-unsaturated/α-hetero) is 1. The van der Waals surface area contributed by atoms with E-state index in [4.69, 9.17) is 4.74 Å². The van der Waals surface area contributed by atoms with Crippen molar-refractivity contribution in [1.82, 2.24) is 0 Å². The third-order valence-electron chi connectivity index (χ3n) is 2.33. The van der Waals surface area contributed by atoms with Crippen molar-refractivity contribution in [2.24, 2.45) is 0 Å². The Morgan fingerprint density at radius 1 is 1.33 bits per heavy atom. The molecule has 0 saturated carbocycles. The molecule has 0 N–H and O–H groups in total. The second kappa shape index (κ2) is 4.61. The molecule has 0 aromatic carbocycles. The Balaban J connectivity index is 1.93.